The van der Waals surface area contributed by atoms with Crippen LogP contribution in [0.25, 0.3) is 10.9 Å². The summed E-state index contributed by atoms with van der Waals surface area (Å²) >= 11 is 2.29. The molecule has 2 heterocycles. The predicted molar refractivity (Wildman–Crippen MR) is 53.5 cm³/mol. The molecule has 0 atom stereocenters. The van der Waals surface area contributed by atoms with Crippen LogP contribution in [0.4, 0.5) is 0 Å². The predicted octanol–water partition coefficient (Wildman–Crippen LogP) is 2.48. The SMILES string of the molecule is Cc1ncc(I)c2cc[nH]c12. The van der Waals surface area contributed by atoms with Gasteiger partial charge in [-0.25, -0.2) is 0 Å². The van der Waals surface area contributed by atoms with Crippen molar-refractivity contribution in [2.75, 3.05) is 0 Å². The fraction of sp³-hybridized carbons (Fsp3) is 0.125. The molecule has 0 aliphatic heterocycles. The van der Waals surface area contributed by atoms with Gasteiger partial charge in [0.15, 0.2) is 0 Å². The number of fused-ring (bicyclic) bond motifs is 1. The maximum Gasteiger partial charge on any atom is 0.0680 e. The van der Waals surface area contributed by atoms with Gasteiger partial charge in [-0.05, 0) is 35.6 Å². The monoisotopic (exact) mass is 258 g/mol. The molecule has 0 bridgehead atoms. The molecule has 0 spiro atoms. The van der Waals surface area contributed by atoms with Crippen molar-refractivity contribution in [1.82, 2.24) is 9.97 Å². The van der Waals surface area contributed by atoms with Crippen LogP contribution >= 0.6 is 22.6 Å². The van der Waals surface area contributed by atoms with Crippen LogP contribution in [0, 0.1) is 10.5 Å². The zero-order valence-corrected chi connectivity index (χ0v) is 8.21. The van der Waals surface area contributed by atoms with Gasteiger partial charge in [-0.1, -0.05) is 0 Å². The second-order valence-corrected chi connectivity index (χ2v) is 3.62. The molecule has 0 aliphatic rings. The van der Waals surface area contributed by atoms with Crippen LogP contribution in [0.3, 0.4) is 0 Å². The van der Waals surface area contributed by atoms with Gasteiger partial charge in [-0.3, -0.25) is 4.98 Å². The molecule has 0 amide bonds. The number of nitrogens with zero attached hydrogens (tertiary/aromatic N) is 1. The lowest BCUT2D eigenvalue weighted by molar-refractivity contribution is 1.21. The van der Waals surface area contributed by atoms with Gasteiger partial charge in [-0.2, -0.15) is 0 Å². The van der Waals surface area contributed by atoms with Gasteiger partial charge in [-0.15, -0.1) is 0 Å². The smallest absolute Gasteiger partial charge is 0.0680 e. The van der Waals surface area contributed by atoms with Crippen LogP contribution in [0.5, 0.6) is 0 Å². The van der Waals surface area contributed by atoms with E-state index in [0.717, 1.165) is 11.2 Å². The van der Waals surface area contributed by atoms with Crippen LogP contribution in [-0.4, -0.2) is 9.97 Å². The zero-order valence-electron chi connectivity index (χ0n) is 6.06. The van der Waals surface area contributed by atoms with Gasteiger partial charge in [0, 0.05) is 21.4 Å². The van der Waals surface area contributed by atoms with Gasteiger partial charge < -0.3 is 4.98 Å². The largest absolute Gasteiger partial charge is 0.360 e. The van der Waals surface area contributed by atoms with E-state index in [1.165, 1.54) is 8.96 Å². The van der Waals surface area contributed by atoms with E-state index in [9.17, 15) is 0 Å². The van der Waals surface area contributed by atoms with Crippen LogP contribution in [-0.2, 0) is 0 Å². The van der Waals surface area contributed by atoms with E-state index < -0.39 is 0 Å². The molecule has 2 aromatic heterocycles. The third kappa shape index (κ3) is 1.03. The number of hydrogen-bond donors (Lipinski definition) is 1. The van der Waals surface area contributed by atoms with E-state index in [1.54, 1.807) is 0 Å². The summed E-state index contributed by atoms with van der Waals surface area (Å²) in [7, 11) is 0. The number of aromatic amines is 1. The molecular weight excluding hydrogens is 251 g/mol. The van der Waals surface area contributed by atoms with Crippen LogP contribution < -0.4 is 0 Å². The summed E-state index contributed by atoms with van der Waals surface area (Å²) in [5.41, 5.74) is 2.21. The van der Waals surface area contributed by atoms with E-state index in [-0.39, 0.29) is 0 Å². The summed E-state index contributed by atoms with van der Waals surface area (Å²) in [5.74, 6) is 0. The van der Waals surface area contributed by atoms with Gasteiger partial charge in [0.05, 0.1) is 11.2 Å². The van der Waals surface area contributed by atoms with E-state index in [1.807, 2.05) is 19.3 Å². The first-order valence-electron chi connectivity index (χ1n) is 3.37. The Kier molecular flexibility index (Phi) is 1.60. The minimum Gasteiger partial charge on any atom is -0.360 e. The average Bonchev–Trinajstić information content (AvgIpc) is 2.45. The summed E-state index contributed by atoms with van der Waals surface area (Å²) in [6, 6.07) is 2.08. The Morgan fingerprint density at radius 2 is 2.36 bits per heavy atom. The lowest BCUT2D eigenvalue weighted by atomic mass is 10.3. The molecule has 2 rings (SSSR count). The fourth-order valence-electron chi connectivity index (χ4n) is 1.16. The fourth-order valence-corrected chi connectivity index (χ4v) is 1.74. The Balaban J connectivity index is 2.96. The van der Waals surface area contributed by atoms with E-state index in [4.69, 9.17) is 0 Å². The van der Waals surface area contributed by atoms with Crippen LogP contribution in [0.2, 0.25) is 0 Å². The number of rotatable bonds is 0. The Labute approximate surface area is 78.2 Å². The molecule has 0 saturated heterocycles. The Morgan fingerprint density at radius 1 is 1.55 bits per heavy atom. The molecule has 11 heavy (non-hydrogen) atoms. The highest BCUT2D eigenvalue weighted by Gasteiger charge is 2.01. The van der Waals surface area contributed by atoms with Gasteiger partial charge in [0.25, 0.3) is 0 Å². The highest BCUT2D eigenvalue weighted by molar-refractivity contribution is 14.1. The Morgan fingerprint density at radius 3 is 3.09 bits per heavy atom. The number of halogens is 1. The lowest BCUT2D eigenvalue weighted by Gasteiger charge is -1.96. The molecule has 56 valence electrons. The molecule has 0 aromatic carbocycles. The molecule has 3 heteroatoms. The van der Waals surface area contributed by atoms with Crippen molar-refractivity contribution < 1.29 is 0 Å². The Bertz CT molecular complexity index is 356. The van der Waals surface area contributed by atoms with Crippen molar-refractivity contribution in [3.8, 4) is 0 Å². The lowest BCUT2D eigenvalue weighted by Crippen LogP contribution is -1.84. The third-order valence-corrected chi connectivity index (χ3v) is 2.60. The standard InChI is InChI=1S/C8H7IN2/c1-5-8-6(2-3-10-8)7(9)4-11-5/h2-4,10H,1H3. The summed E-state index contributed by atoms with van der Waals surface area (Å²) < 4.78 is 1.20. The molecule has 0 fully saturated rings. The highest BCUT2D eigenvalue weighted by Crippen LogP contribution is 2.19. The van der Waals surface area contributed by atoms with Crippen molar-refractivity contribution in [3.05, 3.63) is 27.7 Å². The molecule has 0 saturated carbocycles. The summed E-state index contributed by atoms with van der Waals surface area (Å²) in [4.78, 5) is 7.40. The quantitative estimate of drug-likeness (QED) is 0.722. The number of aryl methyl sites for hydroxylation is 1. The zero-order chi connectivity index (χ0) is 7.84. The molecule has 2 aromatic rings. The second-order valence-electron chi connectivity index (χ2n) is 2.46. The molecular formula is C8H7IN2. The van der Waals surface area contributed by atoms with Crippen molar-refractivity contribution in [3.63, 3.8) is 0 Å². The molecule has 0 radical (unpaired) electrons. The average molecular weight is 258 g/mol. The first kappa shape index (κ1) is 7.09. The topological polar surface area (TPSA) is 28.7 Å². The van der Waals surface area contributed by atoms with Crippen LogP contribution in [0.15, 0.2) is 18.5 Å². The van der Waals surface area contributed by atoms with Crippen molar-refractivity contribution in [1.29, 1.82) is 0 Å². The third-order valence-electron chi connectivity index (χ3n) is 1.74. The molecule has 0 aliphatic carbocycles. The number of H-pyrrole nitrogens is 1. The van der Waals surface area contributed by atoms with Gasteiger partial charge in [0.2, 0.25) is 0 Å². The number of pyridine rings is 1. The van der Waals surface area contributed by atoms with Crippen molar-refractivity contribution in [2.45, 2.75) is 6.92 Å². The van der Waals surface area contributed by atoms with Crippen molar-refractivity contribution >= 4 is 33.5 Å². The first-order valence-corrected chi connectivity index (χ1v) is 4.45. The van der Waals surface area contributed by atoms with E-state index in [2.05, 4.69) is 38.6 Å². The summed E-state index contributed by atoms with van der Waals surface area (Å²) in [5, 5.41) is 1.26. The van der Waals surface area contributed by atoms with Crippen LogP contribution in [0.1, 0.15) is 5.69 Å². The highest BCUT2D eigenvalue weighted by atomic mass is 127. The molecule has 1 N–H and O–H groups in total. The minimum atomic E-state index is 1.06. The number of aromatic nitrogens is 2. The molecule has 0 unspecified atom stereocenters. The van der Waals surface area contributed by atoms with Gasteiger partial charge >= 0.3 is 0 Å². The normalized spacial score (nSPS) is 10.7. The first-order chi connectivity index (χ1) is 5.29. The van der Waals surface area contributed by atoms with E-state index >= 15 is 0 Å². The maximum atomic E-state index is 4.24. The Hall–Kier alpha value is -0.580. The van der Waals surface area contributed by atoms with E-state index in [0.29, 0.717) is 0 Å². The minimum absolute atomic E-state index is 1.06. The molecule has 2 nitrogen and oxygen atoms in total. The van der Waals surface area contributed by atoms with Gasteiger partial charge in [0.1, 0.15) is 0 Å². The maximum absolute atomic E-state index is 4.24. The number of nitrogens with one attached hydrogen (secondary N) is 1. The summed E-state index contributed by atoms with van der Waals surface area (Å²) in [6.07, 6.45) is 3.84. The van der Waals surface area contributed by atoms with Crippen molar-refractivity contribution in [2.24, 2.45) is 0 Å². The summed E-state index contributed by atoms with van der Waals surface area (Å²) in [6.45, 7) is 2.01. The number of hydrogen-bond acceptors (Lipinski definition) is 1. The second kappa shape index (κ2) is 2.48.